The van der Waals surface area contributed by atoms with Crippen LogP contribution in [0.1, 0.15) is 12.5 Å². The molecule has 0 spiro atoms. The van der Waals surface area contributed by atoms with Gasteiger partial charge < -0.3 is 9.47 Å². The van der Waals surface area contributed by atoms with Gasteiger partial charge in [0.25, 0.3) is 11.1 Å². The summed E-state index contributed by atoms with van der Waals surface area (Å²) in [7, 11) is 1.55. The zero-order valence-corrected chi connectivity index (χ0v) is 15.8. The van der Waals surface area contributed by atoms with Crippen LogP contribution in [0.15, 0.2) is 47.4 Å². The predicted molar refractivity (Wildman–Crippen MR) is 104 cm³/mol. The predicted octanol–water partition coefficient (Wildman–Crippen LogP) is 4.99. The third-order valence-electron chi connectivity index (χ3n) is 3.66. The number of amides is 2. The van der Waals surface area contributed by atoms with E-state index in [1.165, 1.54) is 0 Å². The zero-order chi connectivity index (χ0) is 18.7. The van der Waals surface area contributed by atoms with Crippen molar-refractivity contribution in [2.24, 2.45) is 0 Å². The first-order valence-corrected chi connectivity index (χ1v) is 9.07. The second-order valence-corrected chi connectivity index (χ2v) is 6.77. The number of imide groups is 1. The van der Waals surface area contributed by atoms with Crippen molar-refractivity contribution in [2.75, 3.05) is 18.6 Å². The summed E-state index contributed by atoms with van der Waals surface area (Å²) in [5.41, 5.74) is 1.23. The number of benzene rings is 2. The Morgan fingerprint density at radius 2 is 1.85 bits per heavy atom. The molecule has 2 amide bonds. The first-order valence-electron chi connectivity index (χ1n) is 7.88. The lowest BCUT2D eigenvalue weighted by Gasteiger charge is -2.12. The van der Waals surface area contributed by atoms with Crippen LogP contribution in [0.3, 0.4) is 0 Å². The highest BCUT2D eigenvalue weighted by Crippen LogP contribution is 2.37. The van der Waals surface area contributed by atoms with Gasteiger partial charge in [-0.3, -0.25) is 9.59 Å². The van der Waals surface area contributed by atoms with Gasteiger partial charge in [-0.05, 0) is 66.7 Å². The van der Waals surface area contributed by atoms with Crippen molar-refractivity contribution in [3.8, 4) is 11.5 Å². The number of carbonyl (C=O) groups is 2. The molecular formula is C19H16ClNO4S. The van der Waals surface area contributed by atoms with Crippen molar-refractivity contribution in [1.82, 2.24) is 0 Å². The van der Waals surface area contributed by atoms with Crippen molar-refractivity contribution in [1.29, 1.82) is 0 Å². The SMILES string of the molecule is CCOc1ccc(/C=C2/SC(=O)N(c3ccc(Cl)cc3)C2=O)cc1OC. The van der Waals surface area contributed by atoms with Gasteiger partial charge in [0.2, 0.25) is 0 Å². The molecule has 3 rings (SSSR count). The molecule has 26 heavy (non-hydrogen) atoms. The molecule has 0 radical (unpaired) electrons. The summed E-state index contributed by atoms with van der Waals surface area (Å²) in [4.78, 5) is 26.4. The van der Waals surface area contributed by atoms with Crippen LogP contribution in [0, 0.1) is 0 Å². The molecule has 0 atom stereocenters. The Bertz CT molecular complexity index is 880. The smallest absolute Gasteiger partial charge is 0.298 e. The van der Waals surface area contributed by atoms with Crippen molar-refractivity contribution in [2.45, 2.75) is 6.92 Å². The molecule has 7 heteroatoms. The standard InChI is InChI=1S/C19H16ClNO4S/c1-3-25-15-9-4-12(10-16(15)24-2)11-17-18(22)21(19(23)26-17)14-7-5-13(20)6-8-14/h4-11H,3H2,1-2H3/b17-11+. The van der Waals surface area contributed by atoms with E-state index >= 15 is 0 Å². The lowest BCUT2D eigenvalue weighted by atomic mass is 10.2. The number of methoxy groups -OCH3 is 1. The summed E-state index contributed by atoms with van der Waals surface area (Å²) in [5, 5.41) is 0.194. The van der Waals surface area contributed by atoms with Crippen LogP contribution in [-0.4, -0.2) is 24.9 Å². The minimum Gasteiger partial charge on any atom is -0.493 e. The molecule has 5 nitrogen and oxygen atoms in total. The molecule has 0 aliphatic carbocycles. The summed E-state index contributed by atoms with van der Waals surface area (Å²) in [6.45, 7) is 2.41. The zero-order valence-electron chi connectivity index (χ0n) is 14.2. The van der Waals surface area contributed by atoms with Gasteiger partial charge in [0.15, 0.2) is 11.5 Å². The van der Waals surface area contributed by atoms with Gasteiger partial charge in [-0.15, -0.1) is 0 Å². The Morgan fingerprint density at radius 3 is 2.50 bits per heavy atom. The molecule has 2 aromatic carbocycles. The highest BCUT2D eigenvalue weighted by atomic mass is 35.5. The van der Waals surface area contributed by atoms with Crippen LogP contribution in [0.4, 0.5) is 10.5 Å². The van der Waals surface area contributed by atoms with Crippen LogP contribution < -0.4 is 14.4 Å². The molecule has 2 aromatic rings. The fourth-order valence-electron chi connectivity index (χ4n) is 2.48. The number of carbonyl (C=O) groups excluding carboxylic acids is 2. The van der Waals surface area contributed by atoms with E-state index in [0.717, 1.165) is 22.2 Å². The average molecular weight is 390 g/mol. The number of hydrogen-bond donors (Lipinski definition) is 0. The Hall–Kier alpha value is -2.44. The number of thioether (sulfide) groups is 1. The average Bonchev–Trinajstić information content (AvgIpc) is 2.91. The van der Waals surface area contributed by atoms with Crippen LogP contribution in [0.25, 0.3) is 6.08 Å². The molecule has 0 unspecified atom stereocenters. The molecule has 0 aromatic heterocycles. The lowest BCUT2D eigenvalue weighted by molar-refractivity contribution is -0.113. The topological polar surface area (TPSA) is 55.8 Å². The Morgan fingerprint density at radius 1 is 1.12 bits per heavy atom. The summed E-state index contributed by atoms with van der Waals surface area (Å²) >= 11 is 6.76. The Balaban J connectivity index is 1.89. The van der Waals surface area contributed by atoms with Gasteiger partial charge in [0, 0.05) is 5.02 Å². The molecule has 1 saturated heterocycles. The van der Waals surface area contributed by atoms with Gasteiger partial charge in [-0.1, -0.05) is 17.7 Å². The van der Waals surface area contributed by atoms with Crippen molar-refractivity contribution in [3.63, 3.8) is 0 Å². The second kappa shape index (κ2) is 7.85. The fraction of sp³-hybridized carbons (Fsp3) is 0.158. The maximum Gasteiger partial charge on any atom is 0.298 e. The Kier molecular flexibility index (Phi) is 5.54. The van der Waals surface area contributed by atoms with Crippen LogP contribution in [0.2, 0.25) is 5.02 Å². The maximum absolute atomic E-state index is 12.7. The molecule has 134 valence electrons. The number of anilines is 1. The van der Waals surface area contributed by atoms with Gasteiger partial charge in [-0.2, -0.15) is 0 Å². The fourth-order valence-corrected chi connectivity index (χ4v) is 3.45. The van der Waals surface area contributed by atoms with Gasteiger partial charge >= 0.3 is 0 Å². The molecule has 1 heterocycles. The normalized spacial score (nSPS) is 15.7. The third-order valence-corrected chi connectivity index (χ3v) is 4.79. The van der Waals surface area contributed by atoms with Crippen molar-refractivity contribution < 1.29 is 19.1 Å². The van der Waals surface area contributed by atoms with Crippen molar-refractivity contribution >= 4 is 46.3 Å². The van der Waals surface area contributed by atoms with Crippen LogP contribution in [0.5, 0.6) is 11.5 Å². The Labute approximate surface area is 160 Å². The summed E-state index contributed by atoms with van der Waals surface area (Å²) in [5.74, 6) is 0.828. The molecule has 1 fully saturated rings. The summed E-state index contributed by atoms with van der Waals surface area (Å²) < 4.78 is 10.8. The van der Waals surface area contributed by atoms with E-state index < -0.39 is 0 Å². The molecule has 0 N–H and O–H groups in total. The van der Waals surface area contributed by atoms with Gasteiger partial charge in [0.1, 0.15) is 0 Å². The second-order valence-electron chi connectivity index (χ2n) is 5.34. The third kappa shape index (κ3) is 3.71. The number of rotatable bonds is 5. The van der Waals surface area contributed by atoms with Crippen LogP contribution in [-0.2, 0) is 4.79 Å². The van der Waals surface area contributed by atoms with E-state index in [2.05, 4.69) is 0 Å². The highest BCUT2D eigenvalue weighted by molar-refractivity contribution is 8.19. The van der Waals surface area contributed by atoms with Gasteiger partial charge in [-0.25, -0.2) is 4.90 Å². The van der Waals surface area contributed by atoms with E-state index in [9.17, 15) is 9.59 Å². The molecule has 1 aliphatic rings. The molecular weight excluding hydrogens is 374 g/mol. The number of halogens is 1. The van der Waals surface area contributed by atoms with E-state index in [1.54, 1.807) is 49.6 Å². The van der Waals surface area contributed by atoms with Gasteiger partial charge in [0.05, 0.1) is 24.3 Å². The number of nitrogens with zero attached hydrogens (tertiary/aromatic N) is 1. The summed E-state index contributed by atoms with van der Waals surface area (Å²) in [6.07, 6.45) is 1.67. The minimum atomic E-state index is -0.366. The van der Waals surface area contributed by atoms with Crippen LogP contribution >= 0.6 is 23.4 Å². The minimum absolute atomic E-state index is 0.344. The van der Waals surface area contributed by atoms with E-state index in [4.69, 9.17) is 21.1 Å². The molecule has 0 bridgehead atoms. The number of ether oxygens (including phenoxy) is 2. The lowest BCUT2D eigenvalue weighted by Crippen LogP contribution is -2.27. The molecule has 1 aliphatic heterocycles. The first kappa shape index (κ1) is 18.4. The largest absolute Gasteiger partial charge is 0.493 e. The first-order chi connectivity index (χ1) is 12.5. The molecule has 0 saturated carbocycles. The monoisotopic (exact) mass is 389 g/mol. The van der Waals surface area contributed by atoms with E-state index in [0.29, 0.717) is 33.7 Å². The van der Waals surface area contributed by atoms with E-state index in [1.807, 2.05) is 13.0 Å². The van der Waals surface area contributed by atoms with E-state index in [-0.39, 0.29) is 11.1 Å². The maximum atomic E-state index is 12.7. The number of hydrogen-bond acceptors (Lipinski definition) is 5. The van der Waals surface area contributed by atoms with Crippen molar-refractivity contribution in [3.05, 3.63) is 58.0 Å². The highest BCUT2D eigenvalue weighted by Gasteiger charge is 2.36. The summed E-state index contributed by atoms with van der Waals surface area (Å²) in [6, 6.07) is 11.9. The quantitative estimate of drug-likeness (QED) is 0.674.